The Morgan fingerprint density at radius 2 is 1.47 bits per heavy atom. The minimum Gasteiger partial charge on any atom is -0.399 e. The van der Waals surface area contributed by atoms with Gasteiger partial charge in [-0.25, -0.2) is 0 Å². The van der Waals surface area contributed by atoms with Gasteiger partial charge in [0.25, 0.3) is 0 Å². The molecule has 5 heteroatoms. The summed E-state index contributed by atoms with van der Waals surface area (Å²) >= 11 is 12.6. The Bertz CT molecular complexity index is 461. The Hall–Kier alpha value is -0.640. The Kier molecular flexibility index (Phi) is 3.67. The fourth-order valence-corrected chi connectivity index (χ4v) is 3.58. The molecule has 0 spiro atoms. The van der Waals surface area contributed by atoms with E-state index in [2.05, 4.69) is 32.6 Å². The molecule has 1 aliphatic rings. The van der Waals surface area contributed by atoms with Crippen LogP contribution < -0.4 is 10.6 Å². The molecule has 1 heterocycles. The number of nitrogens with zero attached hydrogens (tertiary/aromatic N) is 1. The van der Waals surface area contributed by atoms with E-state index in [9.17, 15) is 0 Å². The van der Waals surface area contributed by atoms with Crippen LogP contribution in [-0.4, -0.2) is 24.3 Å². The first-order chi connectivity index (χ1) is 8.60. The van der Waals surface area contributed by atoms with E-state index >= 15 is 0 Å². The molecule has 3 nitrogen and oxygen atoms in total. The molecule has 0 saturated carbocycles. The molecule has 0 aromatic heterocycles. The Morgan fingerprint density at radius 1 is 1.05 bits per heavy atom. The van der Waals surface area contributed by atoms with Gasteiger partial charge < -0.3 is 15.4 Å². The van der Waals surface area contributed by atoms with Crippen LogP contribution in [0.1, 0.15) is 27.7 Å². The zero-order chi connectivity index (χ0) is 14.4. The summed E-state index contributed by atoms with van der Waals surface area (Å²) in [6.45, 7) is 9.75. The number of anilines is 2. The third-order valence-corrected chi connectivity index (χ3v) is 3.63. The topological polar surface area (TPSA) is 38.5 Å². The van der Waals surface area contributed by atoms with Crippen LogP contribution >= 0.6 is 23.2 Å². The van der Waals surface area contributed by atoms with Gasteiger partial charge in [-0.1, -0.05) is 23.2 Å². The van der Waals surface area contributed by atoms with Gasteiger partial charge in [-0.05, 0) is 39.8 Å². The predicted octanol–water partition coefficient (Wildman–Crippen LogP) is 3.97. The van der Waals surface area contributed by atoms with E-state index in [0.29, 0.717) is 15.7 Å². The molecule has 1 aromatic rings. The molecule has 0 bridgehead atoms. The number of ether oxygens (including phenoxy) is 1. The van der Waals surface area contributed by atoms with Crippen LogP contribution in [0.5, 0.6) is 0 Å². The van der Waals surface area contributed by atoms with Crippen LogP contribution in [0.3, 0.4) is 0 Å². The second-order valence-electron chi connectivity index (χ2n) is 6.31. The van der Waals surface area contributed by atoms with Gasteiger partial charge in [0.05, 0.1) is 26.9 Å². The molecule has 0 amide bonds. The molecule has 1 aromatic carbocycles. The highest BCUT2D eigenvalue weighted by Crippen LogP contribution is 2.40. The SMILES string of the molecule is CC1(C)CN(c2c(Cl)cc(N)cc2Cl)CC(C)(C)O1. The second-order valence-corrected chi connectivity index (χ2v) is 7.13. The van der Waals surface area contributed by atoms with Crippen molar-refractivity contribution < 1.29 is 4.74 Å². The molecule has 2 N–H and O–H groups in total. The van der Waals surface area contributed by atoms with Crippen molar-refractivity contribution in [2.75, 3.05) is 23.7 Å². The fourth-order valence-electron chi connectivity index (χ4n) is 2.83. The van der Waals surface area contributed by atoms with Crippen molar-refractivity contribution in [1.82, 2.24) is 0 Å². The van der Waals surface area contributed by atoms with Crippen molar-refractivity contribution >= 4 is 34.6 Å². The molecule has 0 atom stereocenters. The number of morpholine rings is 1. The summed E-state index contributed by atoms with van der Waals surface area (Å²) in [4.78, 5) is 2.17. The van der Waals surface area contributed by atoms with E-state index in [-0.39, 0.29) is 11.2 Å². The molecule has 1 fully saturated rings. The van der Waals surface area contributed by atoms with Crippen LogP contribution in [-0.2, 0) is 4.74 Å². The lowest BCUT2D eigenvalue weighted by Gasteiger charge is -2.48. The van der Waals surface area contributed by atoms with Gasteiger partial charge in [0.1, 0.15) is 0 Å². The maximum atomic E-state index is 6.31. The molecular formula is C14H20Cl2N2O. The Balaban J connectivity index is 2.42. The minimum atomic E-state index is -0.254. The lowest BCUT2D eigenvalue weighted by molar-refractivity contribution is -0.133. The first kappa shape index (κ1) is 14.8. The molecule has 2 rings (SSSR count). The number of benzene rings is 1. The summed E-state index contributed by atoms with van der Waals surface area (Å²) in [7, 11) is 0. The molecule has 0 radical (unpaired) electrons. The highest BCUT2D eigenvalue weighted by molar-refractivity contribution is 6.39. The zero-order valence-corrected chi connectivity index (χ0v) is 13.3. The molecule has 0 aliphatic carbocycles. The van der Waals surface area contributed by atoms with Gasteiger partial charge in [0.2, 0.25) is 0 Å². The minimum absolute atomic E-state index is 0.254. The molecule has 0 unspecified atom stereocenters. The average molecular weight is 303 g/mol. The first-order valence-corrected chi connectivity index (χ1v) is 7.05. The normalized spacial score (nSPS) is 21.5. The van der Waals surface area contributed by atoms with Crippen molar-refractivity contribution in [3.05, 3.63) is 22.2 Å². The van der Waals surface area contributed by atoms with Crippen LogP contribution in [0, 0.1) is 0 Å². The standard InChI is InChI=1S/C14H20Cl2N2O/c1-13(2)7-18(8-14(3,4)19-13)12-10(15)5-9(17)6-11(12)16/h5-6H,7-8,17H2,1-4H3. The summed E-state index contributed by atoms with van der Waals surface area (Å²) in [5, 5.41) is 1.16. The smallest absolute Gasteiger partial charge is 0.0808 e. The van der Waals surface area contributed by atoms with Gasteiger partial charge in [0, 0.05) is 18.8 Å². The van der Waals surface area contributed by atoms with Gasteiger partial charge >= 0.3 is 0 Å². The van der Waals surface area contributed by atoms with E-state index < -0.39 is 0 Å². The predicted molar refractivity (Wildman–Crippen MR) is 82.3 cm³/mol. The quantitative estimate of drug-likeness (QED) is 0.798. The molecular weight excluding hydrogens is 283 g/mol. The second kappa shape index (κ2) is 4.72. The number of hydrogen-bond acceptors (Lipinski definition) is 3. The monoisotopic (exact) mass is 302 g/mol. The maximum Gasteiger partial charge on any atom is 0.0808 e. The number of hydrogen-bond donors (Lipinski definition) is 1. The largest absolute Gasteiger partial charge is 0.399 e. The van der Waals surface area contributed by atoms with Crippen LogP contribution in [0.2, 0.25) is 10.0 Å². The van der Waals surface area contributed by atoms with E-state index in [1.54, 1.807) is 12.1 Å². The van der Waals surface area contributed by atoms with Crippen molar-refractivity contribution in [3.63, 3.8) is 0 Å². The molecule has 1 saturated heterocycles. The third kappa shape index (κ3) is 3.28. The summed E-state index contributed by atoms with van der Waals surface area (Å²) in [6, 6.07) is 3.47. The van der Waals surface area contributed by atoms with Crippen molar-refractivity contribution in [2.24, 2.45) is 0 Å². The van der Waals surface area contributed by atoms with Gasteiger partial charge in [-0.3, -0.25) is 0 Å². The highest BCUT2D eigenvalue weighted by Gasteiger charge is 2.39. The van der Waals surface area contributed by atoms with Gasteiger partial charge in [-0.15, -0.1) is 0 Å². The average Bonchev–Trinajstić information content (AvgIpc) is 2.09. The summed E-state index contributed by atoms with van der Waals surface area (Å²) in [5.74, 6) is 0. The summed E-state index contributed by atoms with van der Waals surface area (Å²) in [6.07, 6.45) is 0. The lowest BCUT2D eigenvalue weighted by Crippen LogP contribution is -2.57. The van der Waals surface area contributed by atoms with Crippen LogP contribution in [0.4, 0.5) is 11.4 Å². The maximum absolute atomic E-state index is 6.31. The van der Waals surface area contributed by atoms with E-state index in [1.807, 2.05) is 0 Å². The number of nitrogen functional groups attached to an aromatic ring is 1. The first-order valence-electron chi connectivity index (χ1n) is 6.29. The number of halogens is 2. The van der Waals surface area contributed by atoms with E-state index in [0.717, 1.165) is 18.8 Å². The van der Waals surface area contributed by atoms with Crippen molar-refractivity contribution in [3.8, 4) is 0 Å². The highest BCUT2D eigenvalue weighted by atomic mass is 35.5. The third-order valence-electron chi connectivity index (χ3n) is 3.05. The summed E-state index contributed by atoms with van der Waals surface area (Å²) in [5.41, 5.74) is 6.65. The van der Waals surface area contributed by atoms with Crippen LogP contribution in [0.25, 0.3) is 0 Å². The molecule has 19 heavy (non-hydrogen) atoms. The van der Waals surface area contributed by atoms with E-state index in [4.69, 9.17) is 33.7 Å². The van der Waals surface area contributed by atoms with E-state index in [1.165, 1.54) is 0 Å². The molecule has 106 valence electrons. The summed E-state index contributed by atoms with van der Waals surface area (Å²) < 4.78 is 6.06. The van der Waals surface area contributed by atoms with Gasteiger partial charge in [-0.2, -0.15) is 0 Å². The molecule has 1 aliphatic heterocycles. The number of nitrogens with two attached hydrogens (primary N) is 1. The Morgan fingerprint density at radius 3 is 1.89 bits per heavy atom. The Labute approximate surface area is 124 Å². The van der Waals surface area contributed by atoms with Crippen molar-refractivity contribution in [2.45, 2.75) is 38.9 Å². The zero-order valence-electron chi connectivity index (χ0n) is 11.8. The lowest BCUT2D eigenvalue weighted by atomic mass is 9.98. The number of rotatable bonds is 1. The van der Waals surface area contributed by atoms with Crippen LogP contribution in [0.15, 0.2) is 12.1 Å². The van der Waals surface area contributed by atoms with Gasteiger partial charge in [0.15, 0.2) is 0 Å². The fraction of sp³-hybridized carbons (Fsp3) is 0.571. The van der Waals surface area contributed by atoms with Crippen molar-refractivity contribution in [1.29, 1.82) is 0 Å².